The Bertz CT molecular complexity index is 1380. The summed E-state index contributed by atoms with van der Waals surface area (Å²) in [7, 11) is 1.50. The molecule has 7 aliphatic rings. The first kappa shape index (κ1) is 33.3. The van der Waals surface area contributed by atoms with Crippen molar-refractivity contribution in [2.45, 2.75) is 95.3 Å². The van der Waals surface area contributed by atoms with E-state index in [4.69, 9.17) is 9.47 Å². The molecule has 0 spiro atoms. The van der Waals surface area contributed by atoms with Crippen LogP contribution in [0.4, 0.5) is 0 Å². The van der Waals surface area contributed by atoms with E-state index in [1.54, 1.807) is 18.2 Å². The van der Waals surface area contributed by atoms with Gasteiger partial charge in [-0.3, -0.25) is 14.4 Å². The molecule has 1 aromatic carbocycles. The number of methoxy groups -OCH3 is 1. The Balaban J connectivity index is 1.22. The van der Waals surface area contributed by atoms with Gasteiger partial charge in [0.2, 0.25) is 11.8 Å². The van der Waals surface area contributed by atoms with Crippen LogP contribution in [-0.4, -0.2) is 78.3 Å². The molecule has 8 rings (SSSR count). The quantitative estimate of drug-likeness (QED) is 0.205. The zero-order chi connectivity index (χ0) is 32.9. The number of ether oxygens (including phenoxy) is 2. The van der Waals surface area contributed by atoms with E-state index in [-0.39, 0.29) is 36.8 Å². The Morgan fingerprint density at radius 2 is 1.79 bits per heavy atom. The molecule has 9 nitrogen and oxygen atoms in total. The number of nitrogens with one attached hydrogen (secondary N) is 1. The van der Waals surface area contributed by atoms with Crippen LogP contribution in [0.2, 0.25) is 0 Å². The highest BCUT2D eigenvalue weighted by Crippen LogP contribution is 2.60. The maximum absolute atomic E-state index is 14.6. The Hall–Kier alpha value is -2.18. The van der Waals surface area contributed by atoms with Gasteiger partial charge in [-0.05, 0) is 140 Å². The Labute approximate surface area is 291 Å². The molecule has 10 heteroatoms. The smallest absolute Gasteiger partial charge is 0.247 e. The number of aliphatic hydroxyl groups excluding tert-OH is 2. The minimum absolute atomic E-state index is 0.0545. The Kier molecular flexibility index (Phi) is 9.65. The minimum atomic E-state index is -1.09. The molecule has 256 valence electrons. The normalized spacial score (nSPS) is 36.6. The lowest BCUT2D eigenvalue weighted by Crippen LogP contribution is -2.59. The minimum Gasteiger partial charge on any atom is -0.493 e. The molecule has 6 bridgehead atoms. The van der Waals surface area contributed by atoms with Gasteiger partial charge in [-0.2, -0.15) is 0 Å². The van der Waals surface area contributed by atoms with Crippen LogP contribution in [0, 0.1) is 44.5 Å². The van der Waals surface area contributed by atoms with Crippen molar-refractivity contribution in [3.8, 4) is 11.5 Å². The summed E-state index contributed by atoms with van der Waals surface area (Å²) < 4.78 is 12.7. The summed E-state index contributed by atoms with van der Waals surface area (Å²) in [5.74, 6) is 4.39. The van der Waals surface area contributed by atoms with Gasteiger partial charge in [0.1, 0.15) is 18.5 Å². The highest BCUT2D eigenvalue weighted by Gasteiger charge is 2.53. The van der Waals surface area contributed by atoms with Crippen LogP contribution in [0.15, 0.2) is 23.8 Å². The zero-order valence-electron chi connectivity index (χ0n) is 27.4. The SMILES string of the molecule is COc1cc(C=O)cc(I)c1OC1C=C(C(=O)NCCO)CC(N(CC23CC4CC(CC(C4)C2)C3)C(=O)CC2CC3CCC2C3)C1O. The van der Waals surface area contributed by atoms with Crippen molar-refractivity contribution >= 4 is 40.7 Å². The van der Waals surface area contributed by atoms with E-state index in [1.165, 1.54) is 45.6 Å². The third-order valence-corrected chi connectivity index (χ3v) is 13.4. The van der Waals surface area contributed by atoms with Crippen molar-refractivity contribution in [2.75, 3.05) is 26.8 Å². The van der Waals surface area contributed by atoms with E-state index in [9.17, 15) is 24.6 Å². The fourth-order valence-corrected chi connectivity index (χ4v) is 11.8. The van der Waals surface area contributed by atoms with E-state index in [0.717, 1.165) is 55.6 Å². The second-order valence-corrected chi connectivity index (χ2v) is 16.9. The fourth-order valence-electron chi connectivity index (χ4n) is 11.0. The first-order valence-corrected chi connectivity index (χ1v) is 18.8. The van der Waals surface area contributed by atoms with Crippen molar-refractivity contribution in [3.63, 3.8) is 0 Å². The average molecular weight is 761 g/mol. The van der Waals surface area contributed by atoms with Crippen LogP contribution in [0.1, 0.15) is 87.4 Å². The number of carbonyl (C=O) groups is 3. The number of hydrogen-bond acceptors (Lipinski definition) is 7. The Morgan fingerprint density at radius 3 is 2.38 bits per heavy atom. The number of benzene rings is 1. The van der Waals surface area contributed by atoms with E-state index >= 15 is 0 Å². The highest BCUT2D eigenvalue weighted by atomic mass is 127. The zero-order valence-corrected chi connectivity index (χ0v) is 29.5. The summed E-state index contributed by atoms with van der Waals surface area (Å²) in [6.45, 7) is 0.530. The van der Waals surface area contributed by atoms with Crippen molar-refractivity contribution in [1.29, 1.82) is 0 Å². The second-order valence-electron chi connectivity index (χ2n) is 15.7. The van der Waals surface area contributed by atoms with Gasteiger partial charge >= 0.3 is 0 Å². The molecule has 6 unspecified atom stereocenters. The van der Waals surface area contributed by atoms with Crippen LogP contribution in [0.5, 0.6) is 11.5 Å². The lowest BCUT2D eigenvalue weighted by atomic mass is 9.49. The molecule has 6 saturated carbocycles. The average Bonchev–Trinajstić information content (AvgIpc) is 3.67. The summed E-state index contributed by atoms with van der Waals surface area (Å²) in [5.41, 5.74) is 0.924. The third kappa shape index (κ3) is 6.72. The van der Waals surface area contributed by atoms with Crippen LogP contribution in [0.3, 0.4) is 0 Å². The van der Waals surface area contributed by atoms with Gasteiger partial charge in [0.15, 0.2) is 11.5 Å². The topological polar surface area (TPSA) is 125 Å². The highest BCUT2D eigenvalue weighted by molar-refractivity contribution is 14.1. The first-order valence-electron chi connectivity index (χ1n) is 17.7. The Morgan fingerprint density at radius 1 is 1.06 bits per heavy atom. The molecule has 1 aromatic rings. The number of aliphatic hydroxyl groups is 2. The number of fused-ring (bicyclic) bond motifs is 2. The van der Waals surface area contributed by atoms with Crippen molar-refractivity contribution < 1.29 is 34.1 Å². The molecule has 6 fully saturated rings. The summed E-state index contributed by atoms with van der Waals surface area (Å²) >= 11 is 2.08. The van der Waals surface area contributed by atoms with Gasteiger partial charge < -0.3 is 29.9 Å². The van der Waals surface area contributed by atoms with E-state index in [2.05, 4.69) is 27.9 Å². The lowest BCUT2D eigenvalue weighted by molar-refractivity contribution is -0.148. The number of rotatable bonds is 12. The number of hydrogen-bond donors (Lipinski definition) is 3. The maximum Gasteiger partial charge on any atom is 0.247 e. The molecule has 0 radical (unpaired) electrons. The predicted molar refractivity (Wildman–Crippen MR) is 184 cm³/mol. The van der Waals surface area contributed by atoms with Gasteiger partial charge in [-0.1, -0.05) is 6.42 Å². The summed E-state index contributed by atoms with van der Waals surface area (Å²) in [5, 5.41) is 24.4. The molecule has 2 amide bonds. The molecule has 0 saturated heterocycles. The molecule has 6 atom stereocenters. The molecule has 47 heavy (non-hydrogen) atoms. The molecule has 7 aliphatic carbocycles. The number of amides is 2. The standard InChI is InChI=1S/C37H49IN2O7/c1-46-32-12-25(19-42)11-29(38)35(32)47-31-14-28(36(45)39-4-5-41)13-30(34(31)44)40(33(43)15-27-10-21-2-3-26(27)9-21)20-37-16-22-6-23(17-37)8-24(7-22)18-37/h11-12,14,19,21-24,26-27,30-31,34,41,44H,2-10,13,15-18,20H2,1H3,(H,39,45). The lowest BCUT2D eigenvalue weighted by Gasteiger charge is -2.58. The number of nitrogens with zero attached hydrogens (tertiary/aromatic N) is 1. The monoisotopic (exact) mass is 760 g/mol. The third-order valence-electron chi connectivity index (χ3n) is 12.6. The second kappa shape index (κ2) is 13.6. The van der Waals surface area contributed by atoms with Gasteiger partial charge in [-0.15, -0.1) is 0 Å². The largest absolute Gasteiger partial charge is 0.493 e. The number of halogens is 1. The van der Waals surface area contributed by atoms with Gasteiger partial charge in [-0.25, -0.2) is 0 Å². The van der Waals surface area contributed by atoms with Crippen molar-refractivity contribution in [3.05, 3.63) is 32.9 Å². The first-order chi connectivity index (χ1) is 22.7. The molecular formula is C37H49IN2O7. The van der Waals surface area contributed by atoms with E-state index < -0.39 is 18.2 Å². The van der Waals surface area contributed by atoms with E-state index in [0.29, 0.717) is 51.0 Å². The summed E-state index contributed by atoms with van der Waals surface area (Å²) in [6, 6.07) is 2.64. The molecule has 0 heterocycles. The summed E-state index contributed by atoms with van der Waals surface area (Å²) in [6.07, 6.45) is 13.2. The van der Waals surface area contributed by atoms with Crippen LogP contribution in [-0.2, 0) is 9.59 Å². The number of carbonyl (C=O) groups excluding carboxylic acids is 3. The fraction of sp³-hybridized carbons (Fsp3) is 0.703. The predicted octanol–water partition coefficient (Wildman–Crippen LogP) is 4.90. The summed E-state index contributed by atoms with van der Waals surface area (Å²) in [4.78, 5) is 41.6. The molecule has 3 N–H and O–H groups in total. The number of aldehydes is 1. The van der Waals surface area contributed by atoms with Crippen LogP contribution >= 0.6 is 22.6 Å². The van der Waals surface area contributed by atoms with Gasteiger partial charge in [0, 0.05) is 37.1 Å². The van der Waals surface area contributed by atoms with Crippen LogP contribution < -0.4 is 14.8 Å². The van der Waals surface area contributed by atoms with Gasteiger partial charge in [0.05, 0.1) is 23.3 Å². The molecule has 0 aromatic heterocycles. The molecule has 0 aliphatic heterocycles. The van der Waals surface area contributed by atoms with Crippen molar-refractivity contribution in [1.82, 2.24) is 10.2 Å². The van der Waals surface area contributed by atoms with Crippen molar-refractivity contribution in [2.24, 2.45) is 40.9 Å². The van der Waals surface area contributed by atoms with E-state index in [1.807, 2.05) is 4.90 Å². The van der Waals surface area contributed by atoms with Crippen LogP contribution in [0.25, 0.3) is 0 Å². The maximum atomic E-state index is 14.6. The van der Waals surface area contributed by atoms with Gasteiger partial charge in [0.25, 0.3) is 0 Å². The molecular weight excluding hydrogens is 711 g/mol.